The zero-order chi connectivity index (χ0) is 21.1. The van der Waals surface area contributed by atoms with Crippen molar-refractivity contribution < 1.29 is 19.7 Å². The molecule has 0 saturated heterocycles. The van der Waals surface area contributed by atoms with Gasteiger partial charge in [0.2, 0.25) is 0 Å². The third-order valence-corrected chi connectivity index (χ3v) is 4.85. The zero-order valence-electron chi connectivity index (χ0n) is 17.6. The van der Waals surface area contributed by atoms with Gasteiger partial charge in [0.05, 0.1) is 14.2 Å². The first-order chi connectivity index (χ1) is 14.1. The standard InChI is InChI=1S/C23H32N2O4/c1-4-25(17-18-11-7-8-12-22(18)28-2)14-10-6-5-9-13-24-19-15-21(27)23(29-3)16-20(19)26/h7-8,11-13,15-16,26-27H,4-6,9-10,14,17H2,1-3H3. The summed E-state index contributed by atoms with van der Waals surface area (Å²) in [6.45, 7) is 5.11. The van der Waals surface area contributed by atoms with Crippen LogP contribution < -0.4 is 9.47 Å². The minimum atomic E-state index is -0.0350. The Balaban J connectivity index is 1.72. The maximum atomic E-state index is 9.92. The Hall–Kier alpha value is -2.73. The quantitative estimate of drug-likeness (QED) is 0.301. The fourth-order valence-electron chi connectivity index (χ4n) is 3.15. The molecule has 0 amide bonds. The number of aliphatic imine (C=N–C) groups is 1. The molecule has 0 bridgehead atoms. The van der Waals surface area contributed by atoms with Crippen molar-refractivity contribution in [2.45, 2.75) is 39.2 Å². The number of hydrogen-bond acceptors (Lipinski definition) is 6. The first-order valence-electron chi connectivity index (χ1n) is 10.1. The number of aromatic hydroxyl groups is 2. The van der Waals surface area contributed by atoms with Gasteiger partial charge in [-0.25, -0.2) is 0 Å². The molecule has 0 saturated carbocycles. The molecule has 0 heterocycles. The molecule has 0 fully saturated rings. The summed E-state index contributed by atoms with van der Waals surface area (Å²) < 4.78 is 10.4. The Labute approximate surface area is 173 Å². The molecule has 0 radical (unpaired) electrons. The predicted octanol–water partition coefficient (Wildman–Crippen LogP) is 4.90. The molecule has 0 spiro atoms. The number of unbranched alkanes of at least 4 members (excludes halogenated alkanes) is 3. The molecule has 0 unspecified atom stereocenters. The van der Waals surface area contributed by atoms with E-state index in [1.807, 2.05) is 18.2 Å². The lowest BCUT2D eigenvalue weighted by Gasteiger charge is -2.21. The van der Waals surface area contributed by atoms with Gasteiger partial charge in [0.15, 0.2) is 11.5 Å². The number of benzene rings is 2. The van der Waals surface area contributed by atoms with E-state index in [9.17, 15) is 10.2 Å². The van der Waals surface area contributed by atoms with E-state index < -0.39 is 0 Å². The molecule has 2 rings (SSSR count). The second-order valence-electron chi connectivity index (χ2n) is 6.85. The van der Waals surface area contributed by atoms with Gasteiger partial charge in [0.1, 0.15) is 17.2 Å². The molecular weight excluding hydrogens is 368 g/mol. The maximum Gasteiger partial charge on any atom is 0.164 e. The van der Waals surface area contributed by atoms with Crippen molar-refractivity contribution in [1.29, 1.82) is 0 Å². The number of rotatable bonds is 12. The molecular formula is C23H32N2O4. The number of para-hydroxylation sites is 1. The molecule has 29 heavy (non-hydrogen) atoms. The Bertz CT molecular complexity index is 792. The van der Waals surface area contributed by atoms with Crippen molar-refractivity contribution >= 4 is 11.9 Å². The maximum absolute atomic E-state index is 9.92. The van der Waals surface area contributed by atoms with Crippen LogP contribution in [0.4, 0.5) is 5.69 Å². The molecule has 2 aromatic carbocycles. The Morgan fingerprint density at radius 2 is 1.72 bits per heavy atom. The van der Waals surface area contributed by atoms with E-state index in [-0.39, 0.29) is 17.2 Å². The molecule has 0 aromatic heterocycles. The summed E-state index contributed by atoms with van der Waals surface area (Å²) in [4.78, 5) is 6.67. The normalized spacial score (nSPS) is 11.3. The summed E-state index contributed by atoms with van der Waals surface area (Å²) in [7, 11) is 3.15. The van der Waals surface area contributed by atoms with E-state index in [2.05, 4.69) is 22.9 Å². The monoisotopic (exact) mass is 400 g/mol. The van der Waals surface area contributed by atoms with Crippen molar-refractivity contribution in [3.63, 3.8) is 0 Å². The van der Waals surface area contributed by atoms with Gasteiger partial charge in [-0.15, -0.1) is 0 Å². The minimum absolute atomic E-state index is 0.00849. The minimum Gasteiger partial charge on any atom is -0.506 e. The first-order valence-corrected chi connectivity index (χ1v) is 10.1. The molecule has 158 valence electrons. The van der Waals surface area contributed by atoms with Gasteiger partial charge in [-0.05, 0) is 38.4 Å². The van der Waals surface area contributed by atoms with Crippen LogP contribution in [0, 0.1) is 0 Å². The highest BCUT2D eigenvalue weighted by Gasteiger charge is 2.09. The van der Waals surface area contributed by atoms with Crippen LogP contribution in [0.5, 0.6) is 23.0 Å². The van der Waals surface area contributed by atoms with Crippen LogP contribution in [-0.4, -0.2) is 48.6 Å². The lowest BCUT2D eigenvalue weighted by molar-refractivity contribution is 0.268. The number of methoxy groups -OCH3 is 2. The number of nitrogens with zero attached hydrogens (tertiary/aromatic N) is 2. The lowest BCUT2D eigenvalue weighted by Crippen LogP contribution is -2.24. The molecule has 6 nitrogen and oxygen atoms in total. The molecule has 0 aliphatic heterocycles. The summed E-state index contributed by atoms with van der Waals surface area (Å²) >= 11 is 0. The van der Waals surface area contributed by atoms with E-state index in [4.69, 9.17) is 9.47 Å². The van der Waals surface area contributed by atoms with Gasteiger partial charge in [0, 0.05) is 30.5 Å². The van der Waals surface area contributed by atoms with Gasteiger partial charge in [-0.1, -0.05) is 31.5 Å². The molecule has 6 heteroatoms. The number of phenolic OH excluding ortho intramolecular Hbond substituents is 2. The smallest absolute Gasteiger partial charge is 0.164 e. The van der Waals surface area contributed by atoms with Gasteiger partial charge in [0.25, 0.3) is 0 Å². The molecule has 0 aliphatic carbocycles. The van der Waals surface area contributed by atoms with Crippen molar-refractivity contribution in [3.8, 4) is 23.0 Å². The average Bonchev–Trinajstić information content (AvgIpc) is 2.74. The van der Waals surface area contributed by atoms with Gasteiger partial charge >= 0.3 is 0 Å². The summed E-state index contributed by atoms with van der Waals surface area (Å²) in [5.74, 6) is 1.13. The third kappa shape index (κ3) is 6.98. The highest BCUT2D eigenvalue weighted by molar-refractivity contribution is 5.69. The fourth-order valence-corrected chi connectivity index (χ4v) is 3.15. The molecule has 0 aliphatic rings. The van der Waals surface area contributed by atoms with E-state index in [1.54, 1.807) is 13.3 Å². The second kappa shape index (κ2) is 12.0. The summed E-state index contributed by atoms with van der Waals surface area (Å²) in [6.07, 6.45) is 5.86. The van der Waals surface area contributed by atoms with Crippen LogP contribution in [0.3, 0.4) is 0 Å². The summed E-state index contributed by atoms with van der Waals surface area (Å²) in [5, 5.41) is 19.7. The Morgan fingerprint density at radius 3 is 2.45 bits per heavy atom. The third-order valence-electron chi connectivity index (χ3n) is 4.85. The van der Waals surface area contributed by atoms with Crippen molar-refractivity contribution in [2.24, 2.45) is 4.99 Å². The van der Waals surface area contributed by atoms with Crippen molar-refractivity contribution in [3.05, 3.63) is 42.0 Å². The van der Waals surface area contributed by atoms with Crippen LogP contribution >= 0.6 is 0 Å². The average molecular weight is 401 g/mol. The fraction of sp³-hybridized carbons (Fsp3) is 0.435. The topological polar surface area (TPSA) is 74.5 Å². The van der Waals surface area contributed by atoms with Crippen LogP contribution in [0.2, 0.25) is 0 Å². The molecule has 2 N–H and O–H groups in total. The largest absolute Gasteiger partial charge is 0.506 e. The highest BCUT2D eigenvalue weighted by atomic mass is 16.5. The van der Waals surface area contributed by atoms with E-state index >= 15 is 0 Å². The number of phenols is 2. The van der Waals surface area contributed by atoms with Crippen LogP contribution in [-0.2, 0) is 6.54 Å². The number of hydrogen-bond donors (Lipinski definition) is 2. The molecule has 0 atom stereocenters. The highest BCUT2D eigenvalue weighted by Crippen LogP contribution is 2.37. The van der Waals surface area contributed by atoms with E-state index in [1.165, 1.54) is 24.8 Å². The van der Waals surface area contributed by atoms with E-state index in [0.717, 1.165) is 51.1 Å². The van der Waals surface area contributed by atoms with Crippen molar-refractivity contribution in [2.75, 3.05) is 27.3 Å². The van der Waals surface area contributed by atoms with Crippen LogP contribution in [0.1, 0.15) is 38.2 Å². The molecule has 2 aromatic rings. The Morgan fingerprint density at radius 1 is 0.966 bits per heavy atom. The first kappa shape index (κ1) is 22.6. The van der Waals surface area contributed by atoms with Crippen LogP contribution in [0.25, 0.3) is 0 Å². The summed E-state index contributed by atoms with van der Waals surface area (Å²) in [5.41, 5.74) is 1.56. The van der Waals surface area contributed by atoms with Gasteiger partial charge < -0.3 is 19.7 Å². The predicted molar refractivity (Wildman–Crippen MR) is 117 cm³/mol. The zero-order valence-corrected chi connectivity index (χ0v) is 17.6. The van der Waals surface area contributed by atoms with Crippen molar-refractivity contribution in [1.82, 2.24) is 4.90 Å². The van der Waals surface area contributed by atoms with Crippen LogP contribution in [0.15, 0.2) is 41.4 Å². The van der Waals surface area contributed by atoms with E-state index in [0.29, 0.717) is 5.69 Å². The SMILES string of the molecule is CCN(CCCCCC=Nc1cc(O)c(OC)cc1O)Cc1ccccc1OC. The Kier molecular flexibility index (Phi) is 9.31. The summed E-state index contributed by atoms with van der Waals surface area (Å²) in [6, 6.07) is 10.9. The number of ether oxygens (including phenoxy) is 2. The van der Waals surface area contributed by atoms with Gasteiger partial charge in [-0.3, -0.25) is 9.89 Å². The van der Waals surface area contributed by atoms with Gasteiger partial charge in [-0.2, -0.15) is 0 Å². The second-order valence-corrected chi connectivity index (χ2v) is 6.85. The lowest BCUT2D eigenvalue weighted by atomic mass is 10.1.